The molecule has 0 atom stereocenters. The summed E-state index contributed by atoms with van der Waals surface area (Å²) in [6.45, 7) is -0.0312. The molecule has 0 amide bonds. The van der Waals surface area contributed by atoms with Crippen molar-refractivity contribution >= 4 is 17.6 Å². The van der Waals surface area contributed by atoms with Crippen molar-refractivity contribution in [2.75, 3.05) is 7.11 Å². The molecule has 0 unspecified atom stereocenters. The smallest absolute Gasteiger partial charge is 0.337 e. The second kappa shape index (κ2) is 6.45. The van der Waals surface area contributed by atoms with Crippen molar-refractivity contribution in [2.24, 2.45) is 0 Å². The first-order chi connectivity index (χ1) is 10.0. The summed E-state index contributed by atoms with van der Waals surface area (Å²) in [7, 11) is 1.45. The Morgan fingerprint density at radius 3 is 2.57 bits per heavy atom. The van der Waals surface area contributed by atoms with E-state index in [0.29, 0.717) is 17.1 Å². The molecule has 0 saturated heterocycles. The zero-order valence-corrected chi connectivity index (χ0v) is 11.9. The van der Waals surface area contributed by atoms with E-state index in [1.807, 2.05) is 0 Å². The Kier molecular flexibility index (Phi) is 4.65. The Morgan fingerprint density at radius 2 is 1.95 bits per heavy atom. The lowest BCUT2D eigenvalue weighted by atomic mass is 10.2. The Labute approximate surface area is 125 Å². The number of hydrogen-bond donors (Lipinski definition) is 1. The summed E-state index contributed by atoms with van der Waals surface area (Å²) in [6, 6.07) is 8.66. The van der Waals surface area contributed by atoms with E-state index < -0.39 is 11.8 Å². The third-order valence-electron chi connectivity index (χ3n) is 2.82. The molecule has 21 heavy (non-hydrogen) atoms. The summed E-state index contributed by atoms with van der Waals surface area (Å²) in [5.41, 5.74) is 0.270. The van der Waals surface area contributed by atoms with Crippen molar-refractivity contribution in [1.29, 1.82) is 0 Å². The first-order valence-corrected chi connectivity index (χ1v) is 6.37. The Balaban J connectivity index is 2.13. The van der Waals surface area contributed by atoms with Gasteiger partial charge in [-0.2, -0.15) is 0 Å². The van der Waals surface area contributed by atoms with E-state index in [4.69, 9.17) is 26.2 Å². The molecule has 2 aromatic carbocycles. The Bertz CT molecular complexity index is 673. The summed E-state index contributed by atoms with van der Waals surface area (Å²) in [5, 5.41) is 9.08. The summed E-state index contributed by atoms with van der Waals surface area (Å²) in [6.07, 6.45) is 0. The Morgan fingerprint density at radius 1 is 1.24 bits per heavy atom. The number of hydrogen-bond acceptors (Lipinski definition) is 3. The van der Waals surface area contributed by atoms with Gasteiger partial charge in [-0.15, -0.1) is 0 Å². The van der Waals surface area contributed by atoms with E-state index in [1.54, 1.807) is 12.1 Å². The van der Waals surface area contributed by atoms with Gasteiger partial charge >= 0.3 is 5.97 Å². The summed E-state index contributed by atoms with van der Waals surface area (Å²) in [5.74, 6) is -0.897. The van der Waals surface area contributed by atoms with Crippen LogP contribution in [0.15, 0.2) is 36.4 Å². The van der Waals surface area contributed by atoms with Crippen LogP contribution in [0.4, 0.5) is 4.39 Å². The quantitative estimate of drug-likeness (QED) is 0.913. The first-order valence-electron chi connectivity index (χ1n) is 5.99. The van der Waals surface area contributed by atoms with Gasteiger partial charge in [0.15, 0.2) is 0 Å². The molecule has 0 aliphatic rings. The molecule has 0 bridgehead atoms. The van der Waals surface area contributed by atoms with Crippen molar-refractivity contribution in [3.05, 3.63) is 58.4 Å². The van der Waals surface area contributed by atoms with Gasteiger partial charge in [0.25, 0.3) is 0 Å². The summed E-state index contributed by atoms with van der Waals surface area (Å²) in [4.78, 5) is 11.0. The van der Waals surface area contributed by atoms with Crippen LogP contribution >= 0.6 is 11.6 Å². The van der Waals surface area contributed by atoms with Crippen LogP contribution in [0.1, 0.15) is 15.9 Å². The molecular formula is C15H12ClFO4. The van der Waals surface area contributed by atoms with Crippen molar-refractivity contribution in [2.45, 2.75) is 6.61 Å². The highest BCUT2D eigenvalue weighted by atomic mass is 35.5. The number of benzene rings is 2. The number of carboxylic acid groups (broad SMARTS) is 1. The standard InChI is InChI=1S/C15H12ClFO4/c1-20-10-3-2-9(14(17)7-10)8-21-11-4-5-13(16)12(6-11)15(18)19/h2-7H,8H2,1H3,(H,18,19). The molecule has 1 N–H and O–H groups in total. The van der Waals surface area contributed by atoms with Crippen LogP contribution in [0.5, 0.6) is 11.5 Å². The second-order valence-electron chi connectivity index (χ2n) is 4.19. The molecule has 2 aromatic rings. The van der Waals surface area contributed by atoms with Crippen LogP contribution in [-0.2, 0) is 6.61 Å². The van der Waals surface area contributed by atoms with E-state index in [9.17, 15) is 9.18 Å². The van der Waals surface area contributed by atoms with E-state index in [1.165, 1.54) is 31.4 Å². The van der Waals surface area contributed by atoms with Crippen LogP contribution in [0.2, 0.25) is 5.02 Å². The fourth-order valence-corrected chi connectivity index (χ4v) is 1.89. The van der Waals surface area contributed by atoms with Gasteiger partial charge < -0.3 is 14.6 Å². The molecule has 0 saturated carbocycles. The zero-order valence-electron chi connectivity index (χ0n) is 11.1. The minimum absolute atomic E-state index is 0.0312. The molecule has 2 rings (SSSR count). The number of aromatic carboxylic acids is 1. The number of carboxylic acids is 1. The Hall–Kier alpha value is -2.27. The van der Waals surface area contributed by atoms with Crippen LogP contribution < -0.4 is 9.47 Å². The maximum atomic E-state index is 13.7. The van der Waals surface area contributed by atoms with Crippen LogP contribution in [0, 0.1) is 5.82 Å². The number of rotatable bonds is 5. The minimum atomic E-state index is -1.15. The molecule has 0 radical (unpaired) electrons. The topological polar surface area (TPSA) is 55.8 Å². The molecule has 110 valence electrons. The maximum absolute atomic E-state index is 13.7. The van der Waals surface area contributed by atoms with Crippen LogP contribution in [0.3, 0.4) is 0 Å². The van der Waals surface area contributed by atoms with Crippen molar-refractivity contribution in [3.8, 4) is 11.5 Å². The van der Waals surface area contributed by atoms with E-state index in [0.717, 1.165) is 0 Å². The molecule has 0 spiro atoms. The molecule has 0 aliphatic carbocycles. The number of halogens is 2. The highest BCUT2D eigenvalue weighted by Crippen LogP contribution is 2.24. The third-order valence-corrected chi connectivity index (χ3v) is 3.15. The van der Waals surface area contributed by atoms with Gasteiger partial charge in [0, 0.05) is 11.6 Å². The summed E-state index contributed by atoms with van der Waals surface area (Å²) < 4.78 is 24.0. The second-order valence-corrected chi connectivity index (χ2v) is 4.60. The molecule has 0 heterocycles. The lowest BCUT2D eigenvalue weighted by Crippen LogP contribution is -2.02. The van der Waals surface area contributed by atoms with Gasteiger partial charge in [-0.3, -0.25) is 0 Å². The molecule has 0 aromatic heterocycles. The normalized spacial score (nSPS) is 10.2. The predicted octanol–water partition coefficient (Wildman–Crippen LogP) is 3.76. The van der Waals surface area contributed by atoms with E-state index in [2.05, 4.69) is 0 Å². The average Bonchev–Trinajstić information content (AvgIpc) is 2.47. The monoisotopic (exact) mass is 310 g/mol. The predicted molar refractivity (Wildman–Crippen MR) is 75.7 cm³/mol. The van der Waals surface area contributed by atoms with Crippen LogP contribution in [-0.4, -0.2) is 18.2 Å². The lowest BCUT2D eigenvalue weighted by molar-refractivity contribution is 0.0696. The number of methoxy groups -OCH3 is 1. The first kappa shape index (κ1) is 15.1. The van der Waals surface area contributed by atoms with Crippen LogP contribution in [0.25, 0.3) is 0 Å². The van der Waals surface area contributed by atoms with Gasteiger partial charge in [-0.25, -0.2) is 9.18 Å². The largest absolute Gasteiger partial charge is 0.497 e. The van der Waals surface area contributed by atoms with E-state index in [-0.39, 0.29) is 17.2 Å². The van der Waals surface area contributed by atoms with Gasteiger partial charge in [-0.1, -0.05) is 11.6 Å². The third kappa shape index (κ3) is 3.64. The average molecular weight is 311 g/mol. The van der Waals surface area contributed by atoms with Gasteiger partial charge in [-0.05, 0) is 30.3 Å². The van der Waals surface area contributed by atoms with Crippen molar-refractivity contribution in [1.82, 2.24) is 0 Å². The number of ether oxygens (including phenoxy) is 2. The highest BCUT2D eigenvalue weighted by molar-refractivity contribution is 6.33. The fraction of sp³-hybridized carbons (Fsp3) is 0.133. The highest BCUT2D eigenvalue weighted by Gasteiger charge is 2.11. The summed E-state index contributed by atoms with van der Waals surface area (Å²) >= 11 is 5.76. The molecule has 4 nitrogen and oxygen atoms in total. The van der Waals surface area contributed by atoms with Crippen molar-refractivity contribution < 1.29 is 23.8 Å². The SMILES string of the molecule is COc1ccc(COc2ccc(Cl)c(C(=O)O)c2)c(F)c1. The fourth-order valence-electron chi connectivity index (χ4n) is 1.69. The lowest BCUT2D eigenvalue weighted by Gasteiger charge is -2.09. The maximum Gasteiger partial charge on any atom is 0.337 e. The van der Waals surface area contributed by atoms with Gasteiger partial charge in [0.2, 0.25) is 0 Å². The molecular weight excluding hydrogens is 299 g/mol. The zero-order chi connectivity index (χ0) is 15.4. The van der Waals surface area contributed by atoms with Gasteiger partial charge in [0.1, 0.15) is 23.9 Å². The molecule has 6 heteroatoms. The molecule has 0 aliphatic heterocycles. The molecule has 0 fully saturated rings. The van der Waals surface area contributed by atoms with Crippen molar-refractivity contribution in [3.63, 3.8) is 0 Å². The van der Waals surface area contributed by atoms with E-state index >= 15 is 0 Å². The minimum Gasteiger partial charge on any atom is -0.497 e. The number of carbonyl (C=O) groups is 1. The van der Waals surface area contributed by atoms with Gasteiger partial charge in [0.05, 0.1) is 17.7 Å².